The molecule has 0 N–H and O–H groups in total. The summed E-state index contributed by atoms with van der Waals surface area (Å²) in [5.41, 5.74) is 0. The maximum atomic E-state index is 12.8. The fourth-order valence-corrected chi connectivity index (χ4v) is 5.75. The number of carbonyl (C=O) groups is 1. The Morgan fingerprint density at radius 1 is 0.750 bits per heavy atom. The zero-order chi connectivity index (χ0) is 16.8. The van der Waals surface area contributed by atoms with Gasteiger partial charge < -0.3 is 4.90 Å². The lowest BCUT2D eigenvalue weighted by atomic mass is 9.68. The molecule has 2 saturated carbocycles. The molecular formula is C22H39NO. The lowest BCUT2D eigenvalue weighted by molar-refractivity contribution is -0.136. The van der Waals surface area contributed by atoms with Crippen LogP contribution in [-0.2, 0) is 4.79 Å². The molecule has 138 valence electrons. The molecule has 0 aromatic rings. The third kappa shape index (κ3) is 4.76. The molecule has 2 heterocycles. The fourth-order valence-electron chi connectivity index (χ4n) is 5.75. The molecule has 4 bridgehead atoms. The van der Waals surface area contributed by atoms with Crippen LogP contribution in [0.1, 0.15) is 103 Å². The molecule has 0 aromatic carbocycles. The van der Waals surface area contributed by atoms with Gasteiger partial charge >= 0.3 is 0 Å². The first-order chi connectivity index (χ1) is 11.8. The summed E-state index contributed by atoms with van der Waals surface area (Å²) in [5.74, 6) is 2.66. The van der Waals surface area contributed by atoms with E-state index in [1.54, 1.807) is 0 Å². The number of carbonyl (C=O) groups excluding carboxylic acids is 1. The molecule has 2 nitrogen and oxygen atoms in total. The number of nitrogens with zero attached hydrogens (tertiary/aromatic N) is 1. The molecule has 0 spiro atoms. The average Bonchev–Trinajstić information content (AvgIpc) is 2.71. The van der Waals surface area contributed by atoms with Crippen molar-refractivity contribution in [3.63, 3.8) is 0 Å². The van der Waals surface area contributed by atoms with Crippen molar-refractivity contribution >= 4 is 5.91 Å². The van der Waals surface area contributed by atoms with Crippen LogP contribution in [0.15, 0.2) is 0 Å². The van der Waals surface area contributed by atoms with Crippen LogP contribution >= 0.6 is 0 Å². The molecule has 0 aromatic heterocycles. The van der Waals surface area contributed by atoms with Crippen molar-refractivity contribution < 1.29 is 4.79 Å². The Hall–Kier alpha value is -0.530. The van der Waals surface area contributed by atoms with Gasteiger partial charge in [-0.05, 0) is 50.4 Å². The lowest BCUT2D eigenvalue weighted by Crippen LogP contribution is -2.41. The number of unbranched alkanes of at least 4 members (excludes halogenated alkanes) is 9. The van der Waals surface area contributed by atoms with E-state index in [9.17, 15) is 4.79 Å². The van der Waals surface area contributed by atoms with Crippen molar-refractivity contribution in [1.82, 2.24) is 4.90 Å². The highest BCUT2D eigenvalue weighted by Crippen LogP contribution is 2.47. The summed E-state index contributed by atoms with van der Waals surface area (Å²) in [7, 11) is 0. The van der Waals surface area contributed by atoms with E-state index < -0.39 is 0 Å². The summed E-state index contributed by atoms with van der Waals surface area (Å²) in [6, 6.07) is 0.604. The van der Waals surface area contributed by atoms with E-state index in [1.165, 1.54) is 96.3 Å². The number of hydrogen-bond acceptors (Lipinski definition) is 1. The van der Waals surface area contributed by atoms with Crippen LogP contribution in [0.25, 0.3) is 0 Å². The third-order valence-corrected chi connectivity index (χ3v) is 6.94. The van der Waals surface area contributed by atoms with E-state index in [0.29, 0.717) is 17.9 Å². The normalized spacial score (nSPS) is 31.7. The SMILES string of the molecule is CCCCCCCCCCCCN1C(=O)C2CC3CC(C2)CC1C3. The highest BCUT2D eigenvalue weighted by Gasteiger charge is 2.46. The Morgan fingerprint density at radius 3 is 1.88 bits per heavy atom. The smallest absolute Gasteiger partial charge is 0.225 e. The van der Waals surface area contributed by atoms with E-state index >= 15 is 0 Å². The van der Waals surface area contributed by atoms with Crippen molar-refractivity contribution in [3.8, 4) is 0 Å². The van der Waals surface area contributed by atoms with Crippen LogP contribution in [0, 0.1) is 17.8 Å². The summed E-state index contributed by atoms with van der Waals surface area (Å²) >= 11 is 0. The van der Waals surface area contributed by atoms with Crippen molar-refractivity contribution in [1.29, 1.82) is 0 Å². The van der Waals surface area contributed by atoms with Crippen LogP contribution in [0.4, 0.5) is 0 Å². The number of hydrogen-bond donors (Lipinski definition) is 0. The maximum absolute atomic E-state index is 12.8. The Labute approximate surface area is 149 Å². The van der Waals surface area contributed by atoms with Gasteiger partial charge in [0.05, 0.1) is 0 Å². The minimum Gasteiger partial charge on any atom is -0.339 e. The standard InChI is InChI=1S/C22H39NO/c1-2-3-4-5-6-7-8-9-10-11-12-23-21-16-18-13-19(17-21)15-20(14-18)22(23)24/h18-21H,2-17H2,1H3. The van der Waals surface area contributed by atoms with Crippen molar-refractivity contribution in [2.45, 2.75) is 109 Å². The highest BCUT2D eigenvalue weighted by atomic mass is 16.2. The largest absolute Gasteiger partial charge is 0.339 e. The van der Waals surface area contributed by atoms with Gasteiger partial charge in [-0.25, -0.2) is 0 Å². The van der Waals surface area contributed by atoms with E-state index in [4.69, 9.17) is 0 Å². The monoisotopic (exact) mass is 333 g/mol. The Balaban J connectivity index is 1.29. The van der Waals surface area contributed by atoms with Crippen LogP contribution in [0.2, 0.25) is 0 Å². The highest BCUT2D eigenvalue weighted by molar-refractivity contribution is 5.80. The van der Waals surface area contributed by atoms with Gasteiger partial charge in [0.1, 0.15) is 0 Å². The second kappa shape index (κ2) is 9.25. The van der Waals surface area contributed by atoms with Crippen molar-refractivity contribution in [2.24, 2.45) is 17.8 Å². The van der Waals surface area contributed by atoms with E-state index in [1.807, 2.05) is 0 Å². The molecule has 2 saturated heterocycles. The Bertz CT molecular complexity index is 379. The van der Waals surface area contributed by atoms with E-state index in [2.05, 4.69) is 11.8 Å². The van der Waals surface area contributed by atoms with Gasteiger partial charge in [0.25, 0.3) is 0 Å². The van der Waals surface area contributed by atoms with Gasteiger partial charge in [0, 0.05) is 18.5 Å². The second-order valence-electron chi connectivity index (χ2n) is 8.97. The Morgan fingerprint density at radius 2 is 1.29 bits per heavy atom. The number of amides is 1. The Kier molecular flexibility index (Phi) is 7.04. The zero-order valence-corrected chi connectivity index (χ0v) is 16.0. The summed E-state index contributed by atoms with van der Waals surface area (Å²) in [5, 5.41) is 0. The molecule has 4 fully saturated rings. The number of rotatable bonds is 11. The second-order valence-corrected chi connectivity index (χ2v) is 8.97. The molecule has 4 rings (SSSR count). The fraction of sp³-hybridized carbons (Fsp3) is 0.955. The molecule has 2 heteroatoms. The molecule has 1 amide bonds. The van der Waals surface area contributed by atoms with Gasteiger partial charge in [0.2, 0.25) is 5.91 Å². The van der Waals surface area contributed by atoms with Gasteiger partial charge in [-0.2, -0.15) is 0 Å². The molecule has 2 unspecified atom stereocenters. The molecule has 2 aliphatic heterocycles. The number of fused-ring (bicyclic) bond motifs is 1. The molecule has 0 radical (unpaired) electrons. The van der Waals surface area contributed by atoms with E-state index in [-0.39, 0.29) is 0 Å². The quantitative estimate of drug-likeness (QED) is 0.428. The molecule has 24 heavy (non-hydrogen) atoms. The minimum atomic E-state index is 0.393. The lowest BCUT2D eigenvalue weighted by Gasteiger charge is -2.38. The van der Waals surface area contributed by atoms with E-state index in [0.717, 1.165) is 18.4 Å². The van der Waals surface area contributed by atoms with Crippen LogP contribution < -0.4 is 0 Å². The van der Waals surface area contributed by atoms with Crippen LogP contribution in [0.3, 0.4) is 0 Å². The topological polar surface area (TPSA) is 20.3 Å². The van der Waals surface area contributed by atoms with Gasteiger partial charge in [-0.1, -0.05) is 64.7 Å². The molecule has 4 aliphatic rings. The third-order valence-electron chi connectivity index (χ3n) is 6.94. The van der Waals surface area contributed by atoms with Crippen molar-refractivity contribution in [3.05, 3.63) is 0 Å². The predicted molar refractivity (Wildman–Crippen MR) is 101 cm³/mol. The summed E-state index contributed by atoms with van der Waals surface area (Å²) in [6.45, 7) is 3.34. The molecular weight excluding hydrogens is 294 g/mol. The van der Waals surface area contributed by atoms with Crippen LogP contribution in [-0.4, -0.2) is 23.4 Å². The molecule has 2 aliphatic carbocycles. The van der Waals surface area contributed by atoms with Gasteiger partial charge in [0.15, 0.2) is 0 Å². The first-order valence-electron chi connectivity index (χ1n) is 11.1. The zero-order valence-electron chi connectivity index (χ0n) is 16.0. The maximum Gasteiger partial charge on any atom is 0.225 e. The predicted octanol–water partition coefficient (Wildman–Crippen LogP) is 5.94. The summed E-state index contributed by atoms with van der Waals surface area (Å²) < 4.78 is 0. The van der Waals surface area contributed by atoms with Gasteiger partial charge in [-0.15, -0.1) is 0 Å². The van der Waals surface area contributed by atoms with Gasteiger partial charge in [-0.3, -0.25) is 4.79 Å². The van der Waals surface area contributed by atoms with Crippen LogP contribution in [0.5, 0.6) is 0 Å². The van der Waals surface area contributed by atoms with Crippen molar-refractivity contribution in [2.75, 3.05) is 6.54 Å². The summed E-state index contributed by atoms with van der Waals surface area (Å²) in [4.78, 5) is 15.1. The molecule has 2 atom stereocenters. The first-order valence-corrected chi connectivity index (χ1v) is 11.1. The summed E-state index contributed by atoms with van der Waals surface area (Å²) in [6.07, 6.45) is 20.3. The first kappa shape index (κ1) is 18.3. The minimum absolute atomic E-state index is 0.393. The average molecular weight is 334 g/mol.